The van der Waals surface area contributed by atoms with Gasteiger partial charge in [0.15, 0.2) is 11.6 Å². The van der Waals surface area contributed by atoms with Gasteiger partial charge in [0.05, 0.1) is 17.8 Å². The number of aromatic nitrogens is 6. The second-order valence-corrected chi connectivity index (χ2v) is 7.95. The summed E-state index contributed by atoms with van der Waals surface area (Å²) >= 11 is 0. The van der Waals surface area contributed by atoms with Crippen molar-refractivity contribution < 1.29 is 0 Å². The molecular formula is C22H23N7. The van der Waals surface area contributed by atoms with E-state index in [0.717, 1.165) is 29.3 Å². The van der Waals surface area contributed by atoms with Crippen LogP contribution in [0, 0.1) is 0 Å². The summed E-state index contributed by atoms with van der Waals surface area (Å²) < 4.78 is 4.14. The van der Waals surface area contributed by atoms with Crippen LogP contribution in [0.15, 0.2) is 49.1 Å². The van der Waals surface area contributed by atoms with E-state index in [1.807, 2.05) is 6.20 Å². The van der Waals surface area contributed by atoms with Crippen molar-refractivity contribution in [3.05, 3.63) is 54.9 Å². The van der Waals surface area contributed by atoms with Crippen molar-refractivity contribution in [3.8, 4) is 11.6 Å². The van der Waals surface area contributed by atoms with E-state index >= 15 is 0 Å². The minimum Gasteiger partial charge on any atom is -0.341 e. The van der Waals surface area contributed by atoms with Crippen LogP contribution in [0.5, 0.6) is 0 Å². The van der Waals surface area contributed by atoms with Crippen LogP contribution < -0.4 is 4.90 Å². The Bertz CT molecular complexity index is 1180. The number of hydrogen-bond acceptors (Lipinski definition) is 5. The summed E-state index contributed by atoms with van der Waals surface area (Å²) in [6.45, 7) is 2.22. The third kappa shape index (κ3) is 2.43. The van der Waals surface area contributed by atoms with Crippen LogP contribution in [-0.4, -0.2) is 35.3 Å². The minimum atomic E-state index is 0.192. The first-order chi connectivity index (χ1) is 14.3. The third-order valence-corrected chi connectivity index (χ3v) is 6.37. The van der Waals surface area contributed by atoms with Crippen molar-refractivity contribution in [2.24, 2.45) is 0 Å². The summed E-state index contributed by atoms with van der Waals surface area (Å²) in [5.41, 5.74) is 2.09. The van der Waals surface area contributed by atoms with E-state index in [9.17, 15) is 0 Å². The highest BCUT2D eigenvalue weighted by Crippen LogP contribution is 2.42. The van der Waals surface area contributed by atoms with Crippen LogP contribution in [0.4, 0.5) is 5.82 Å². The lowest BCUT2D eigenvalue weighted by atomic mass is 10.0. The van der Waals surface area contributed by atoms with Crippen molar-refractivity contribution in [2.75, 3.05) is 4.90 Å². The molecule has 3 aromatic heterocycles. The van der Waals surface area contributed by atoms with E-state index in [2.05, 4.69) is 67.7 Å². The van der Waals surface area contributed by atoms with Gasteiger partial charge in [-0.05, 0) is 31.4 Å². The summed E-state index contributed by atoms with van der Waals surface area (Å²) in [5.74, 6) is 2.70. The number of benzene rings is 1. The van der Waals surface area contributed by atoms with Gasteiger partial charge in [-0.3, -0.25) is 9.13 Å². The number of nitrogens with zero attached hydrogens (tertiary/aromatic N) is 7. The lowest BCUT2D eigenvalue weighted by Gasteiger charge is -2.40. The maximum Gasteiger partial charge on any atom is 0.236 e. The lowest BCUT2D eigenvalue weighted by molar-refractivity contribution is 0.468. The largest absolute Gasteiger partial charge is 0.341 e. The van der Waals surface area contributed by atoms with Gasteiger partial charge in [-0.2, -0.15) is 4.98 Å². The molecule has 1 fully saturated rings. The zero-order chi connectivity index (χ0) is 19.4. The Hall–Kier alpha value is -3.22. The van der Waals surface area contributed by atoms with Gasteiger partial charge in [-0.1, -0.05) is 38.0 Å². The average Bonchev–Trinajstić information content (AvgIpc) is 3.52. The monoisotopic (exact) mass is 385 g/mol. The van der Waals surface area contributed by atoms with E-state index in [0.29, 0.717) is 12.0 Å². The van der Waals surface area contributed by atoms with Crippen LogP contribution in [-0.2, 0) is 0 Å². The molecule has 4 heterocycles. The van der Waals surface area contributed by atoms with Crippen LogP contribution in [0.1, 0.15) is 50.9 Å². The normalized spacial score (nSPS) is 18.9. The molecule has 0 saturated heterocycles. The van der Waals surface area contributed by atoms with Gasteiger partial charge in [0.25, 0.3) is 0 Å². The third-order valence-electron chi connectivity index (χ3n) is 6.37. The Balaban J connectivity index is 1.56. The fraction of sp³-hybridized carbons (Fsp3) is 0.364. The number of anilines is 1. The van der Waals surface area contributed by atoms with Crippen LogP contribution in [0.25, 0.3) is 22.5 Å². The molecule has 4 aromatic rings. The molecule has 6 rings (SSSR count). The van der Waals surface area contributed by atoms with E-state index < -0.39 is 0 Å². The van der Waals surface area contributed by atoms with Gasteiger partial charge in [0.2, 0.25) is 5.95 Å². The van der Waals surface area contributed by atoms with Crippen LogP contribution in [0.2, 0.25) is 0 Å². The standard InChI is InChI=1S/C22H23N7/c1-2-17-21-26-24-14-28(21)19-13-23-22(25-20(19)29(17)16-8-4-5-9-16)27-12-11-15-7-3-6-10-18(15)27/h3,6-7,10-14,16-17H,2,4-5,8-9H2,1H3/t17-/m1/s1. The summed E-state index contributed by atoms with van der Waals surface area (Å²) in [6.07, 6.45) is 11.7. The molecule has 0 spiro atoms. The molecule has 0 N–H and O–H groups in total. The molecule has 7 nitrogen and oxygen atoms in total. The molecule has 0 unspecified atom stereocenters. The fourth-order valence-electron chi connectivity index (χ4n) is 5.01. The average molecular weight is 385 g/mol. The molecule has 1 saturated carbocycles. The van der Waals surface area contributed by atoms with E-state index in [-0.39, 0.29) is 6.04 Å². The summed E-state index contributed by atoms with van der Waals surface area (Å²) in [5, 5.41) is 9.84. The smallest absolute Gasteiger partial charge is 0.236 e. The second kappa shape index (κ2) is 6.40. The van der Waals surface area contributed by atoms with Crippen LogP contribution in [0.3, 0.4) is 0 Å². The molecule has 0 amide bonds. The molecule has 2 aliphatic rings. The van der Waals surface area contributed by atoms with Gasteiger partial charge >= 0.3 is 0 Å². The quantitative estimate of drug-likeness (QED) is 0.528. The number of rotatable bonds is 3. The SMILES string of the molecule is CC[C@@H]1c2nncn2-c2cnc(-n3ccc4ccccc43)nc2N1C1CCCC1. The van der Waals surface area contributed by atoms with Crippen LogP contribution >= 0.6 is 0 Å². The summed E-state index contributed by atoms with van der Waals surface area (Å²) in [6, 6.07) is 11.1. The maximum absolute atomic E-state index is 5.11. The molecular weight excluding hydrogens is 362 g/mol. The molecule has 1 aromatic carbocycles. The molecule has 1 atom stereocenters. The minimum absolute atomic E-state index is 0.192. The Morgan fingerprint density at radius 2 is 1.93 bits per heavy atom. The highest BCUT2D eigenvalue weighted by atomic mass is 15.4. The molecule has 146 valence electrons. The van der Waals surface area contributed by atoms with Gasteiger partial charge < -0.3 is 4.90 Å². The Labute approximate surface area is 169 Å². The molecule has 1 aliphatic heterocycles. The van der Waals surface area contributed by atoms with Crippen molar-refractivity contribution in [1.82, 2.24) is 29.3 Å². The number of hydrogen-bond donors (Lipinski definition) is 0. The van der Waals surface area contributed by atoms with E-state index in [1.165, 1.54) is 31.1 Å². The highest BCUT2D eigenvalue weighted by molar-refractivity contribution is 5.81. The fourth-order valence-corrected chi connectivity index (χ4v) is 5.01. The summed E-state index contributed by atoms with van der Waals surface area (Å²) in [7, 11) is 0. The molecule has 0 radical (unpaired) electrons. The molecule has 1 aliphatic carbocycles. The Morgan fingerprint density at radius 3 is 2.79 bits per heavy atom. The van der Waals surface area contributed by atoms with Crippen molar-refractivity contribution in [2.45, 2.75) is 51.1 Å². The lowest BCUT2D eigenvalue weighted by Crippen LogP contribution is -2.42. The highest BCUT2D eigenvalue weighted by Gasteiger charge is 2.38. The molecule has 0 bridgehead atoms. The predicted octanol–water partition coefficient (Wildman–Crippen LogP) is 4.21. The van der Waals surface area contributed by atoms with Crippen molar-refractivity contribution in [1.29, 1.82) is 0 Å². The zero-order valence-corrected chi connectivity index (χ0v) is 16.4. The van der Waals surface area contributed by atoms with Gasteiger partial charge in [0.1, 0.15) is 12.0 Å². The maximum atomic E-state index is 5.11. The molecule has 29 heavy (non-hydrogen) atoms. The van der Waals surface area contributed by atoms with Gasteiger partial charge in [-0.15, -0.1) is 10.2 Å². The zero-order valence-electron chi connectivity index (χ0n) is 16.4. The summed E-state index contributed by atoms with van der Waals surface area (Å²) in [4.78, 5) is 12.3. The topological polar surface area (TPSA) is 64.7 Å². The second-order valence-electron chi connectivity index (χ2n) is 7.95. The van der Waals surface area contributed by atoms with E-state index in [1.54, 1.807) is 6.33 Å². The number of fused-ring (bicyclic) bond motifs is 4. The van der Waals surface area contributed by atoms with E-state index in [4.69, 9.17) is 9.97 Å². The number of para-hydroxylation sites is 1. The van der Waals surface area contributed by atoms with Gasteiger partial charge in [-0.25, -0.2) is 4.98 Å². The molecule has 7 heteroatoms. The van der Waals surface area contributed by atoms with Crippen molar-refractivity contribution >= 4 is 16.7 Å². The first-order valence-electron chi connectivity index (χ1n) is 10.5. The first-order valence-corrected chi connectivity index (χ1v) is 10.5. The Morgan fingerprint density at radius 1 is 1.07 bits per heavy atom. The van der Waals surface area contributed by atoms with Crippen molar-refractivity contribution in [3.63, 3.8) is 0 Å². The first kappa shape index (κ1) is 16.7. The Kier molecular flexibility index (Phi) is 3.69. The van der Waals surface area contributed by atoms with Gasteiger partial charge in [0, 0.05) is 17.6 Å². The predicted molar refractivity (Wildman–Crippen MR) is 112 cm³/mol.